The first-order chi connectivity index (χ1) is 14.6. The Kier molecular flexibility index (Phi) is 6.08. The van der Waals surface area contributed by atoms with Crippen molar-refractivity contribution in [2.45, 2.75) is 18.9 Å². The number of nitrogens with one attached hydrogen (secondary N) is 1. The number of piperidine rings is 1. The number of amides is 1. The Labute approximate surface area is 177 Å². The number of aromatic nitrogens is 2. The van der Waals surface area contributed by atoms with E-state index in [1.807, 2.05) is 17.0 Å². The van der Waals surface area contributed by atoms with Crippen LogP contribution in [-0.2, 0) is 4.79 Å². The molecule has 0 radical (unpaired) electrons. The van der Waals surface area contributed by atoms with Crippen molar-refractivity contribution in [1.29, 1.82) is 0 Å². The second-order valence-electron chi connectivity index (χ2n) is 7.95. The second-order valence-corrected chi connectivity index (χ2v) is 7.95. The summed E-state index contributed by atoms with van der Waals surface area (Å²) in [7, 11) is 5.39. The predicted molar refractivity (Wildman–Crippen MR) is 117 cm³/mol. The van der Waals surface area contributed by atoms with Gasteiger partial charge in [0.1, 0.15) is 5.82 Å². The summed E-state index contributed by atoms with van der Waals surface area (Å²) in [4.78, 5) is 27.2. The van der Waals surface area contributed by atoms with Gasteiger partial charge in [-0.25, -0.2) is 4.98 Å². The summed E-state index contributed by atoms with van der Waals surface area (Å²) in [5, 5.41) is 4.52. The Morgan fingerprint density at radius 2 is 1.67 bits per heavy atom. The number of carbonyl (C=O) groups is 1. The summed E-state index contributed by atoms with van der Waals surface area (Å²) in [6, 6.07) is 4.10. The Hall–Kier alpha value is -2.81. The molecule has 2 fully saturated rings. The molecule has 9 nitrogen and oxygen atoms in total. The van der Waals surface area contributed by atoms with E-state index in [1.165, 1.54) is 0 Å². The predicted octanol–water partition coefficient (Wildman–Crippen LogP) is 1.43. The van der Waals surface area contributed by atoms with Gasteiger partial charge in [-0.15, -0.1) is 0 Å². The standard InChI is InChI=1S/C21H30N6O3/c1-25-8-10-27(11-9-25)21-23-17-13-19(30-3)18(29-2)12-16(17)20(24-21)22-15-4-6-26(14-28)7-5-15/h12-15H,4-11H2,1-3H3,(H,22,23,24). The van der Waals surface area contributed by atoms with Gasteiger partial charge in [-0.1, -0.05) is 0 Å². The van der Waals surface area contributed by atoms with Crippen molar-refractivity contribution in [3.63, 3.8) is 0 Å². The number of carbonyl (C=O) groups excluding carboxylic acids is 1. The fourth-order valence-electron chi connectivity index (χ4n) is 4.04. The van der Waals surface area contributed by atoms with Crippen LogP contribution in [0.2, 0.25) is 0 Å². The van der Waals surface area contributed by atoms with E-state index in [1.54, 1.807) is 14.2 Å². The maximum Gasteiger partial charge on any atom is 0.227 e. The number of benzene rings is 1. The zero-order valence-corrected chi connectivity index (χ0v) is 17.9. The SMILES string of the molecule is COc1cc2nc(N3CCN(C)CC3)nc(NC3CCN(C=O)CC3)c2cc1OC. The van der Waals surface area contributed by atoms with Crippen LogP contribution in [0.4, 0.5) is 11.8 Å². The lowest BCUT2D eigenvalue weighted by Gasteiger charge is -2.33. The third-order valence-electron chi connectivity index (χ3n) is 5.99. The van der Waals surface area contributed by atoms with Gasteiger partial charge < -0.3 is 29.5 Å². The third kappa shape index (κ3) is 4.21. The highest BCUT2D eigenvalue weighted by atomic mass is 16.5. The molecule has 1 aromatic carbocycles. The molecule has 2 aliphatic heterocycles. The number of fused-ring (bicyclic) bond motifs is 1. The van der Waals surface area contributed by atoms with Gasteiger partial charge in [0.05, 0.1) is 19.7 Å². The smallest absolute Gasteiger partial charge is 0.227 e. The Morgan fingerprint density at radius 3 is 2.30 bits per heavy atom. The summed E-state index contributed by atoms with van der Waals surface area (Å²) in [5.41, 5.74) is 0.824. The van der Waals surface area contributed by atoms with Gasteiger partial charge in [0.15, 0.2) is 11.5 Å². The van der Waals surface area contributed by atoms with E-state index in [9.17, 15) is 4.79 Å². The quantitative estimate of drug-likeness (QED) is 0.711. The highest BCUT2D eigenvalue weighted by molar-refractivity contribution is 5.93. The van der Waals surface area contributed by atoms with Crippen LogP contribution in [0.1, 0.15) is 12.8 Å². The number of piperazine rings is 1. The van der Waals surface area contributed by atoms with Crippen molar-refractivity contribution in [1.82, 2.24) is 19.8 Å². The van der Waals surface area contributed by atoms with Crippen molar-refractivity contribution in [2.24, 2.45) is 0 Å². The van der Waals surface area contributed by atoms with Crippen LogP contribution in [0, 0.1) is 0 Å². The van der Waals surface area contributed by atoms with Gasteiger partial charge in [0.25, 0.3) is 0 Å². The Morgan fingerprint density at radius 1 is 1.00 bits per heavy atom. The van der Waals surface area contributed by atoms with Gasteiger partial charge in [0, 0.05) is 56.8 Å². The lowest BCUT2D eigenvalue weighted by Crippen LogP contribution is -2.45. The highest BCUT2D eigenvalue weighted by Gasteiger charge is 2.23. The van der Waals surface area contributed by atoms with Crippen molar-refractivity contribution >= 4 is 29.1 Å². The van der Waals surface area contributed by atoms with E-state index in [-0.39, 0.29) is 6.04 Å². The summed E-state index contributed by atoms with van der Waals surface area (Å²) in [6.07, 6.45) is 2.71. The van der Waals surface area contributed by atoms with Crippen LogP contribution in [-0.4, -0.2) is 92.8 Å². The summed E-state index contributed by atoms with van der Waals surface area (Å²) in [6.45, 7) is 5.28. The molecule has 30 heavy (non-hydrogen) atoms. The Balaban J connectivity index is 1.70. The number of anilines is 2. The fraction of sp³-hybridized carbons (Fsp3) is 0.571. The molecule has 2 aromatic rings. The topological polar surface area (TPSA) is 83.1 Å². The zero-order valence-electron chi connectivity index (χ0n) is 17.9. The lowest BCUT2D eigenvalue weighted by atomic mass is 10.1. The first-order valence-electron chi connectivity index (χ1n) is 10.4. The minimum Gasteiger partial charge on any atom is -0.493 e. The monoisotopic (exact) mass is 414 g/mol. The van der Waals surface area contributed by atoms with Gasteiger partial charge in [-0.2, -0.15) is 4.98 Å². The van der Waals surface area contributed by atoms with Crippen molar-refractivity contribution < 1.29 is 14.3 Å². The molecule has 0 saturated carbocycles. The summed E-state index contributed by atoms with van der Waals surface area (Å²) >= 11 is 0. The molecule has 1 N–H and O–H groups in total. The van der Waals surface area contributed by atoms with Crippen molar-refractivity contribution in [3.05, 3.63) is 12.1 Å². The van der Waals surface area contributed by atoms with Crippen LogP contribution in [0.25, 0.3) is 10.9 Å². The molecule has 162 valence electrons. The van der Waals surface area contributed by atoms with Crippen LogP contribution in [0.15, 0.2) is 12.1 Å². The molecule has 2 saturated heterocycles. The number of hydrogen-bond acceptors (Lipinski definition) is 8. The van der Waals surface area contributed by atoms with Crippen molar-refractivity contribution in [3.8, 4) is 11.5 Å². The largest absolute Gasteiger partial charge is 0.493 e. The first kappa shape index (κ1) is 20.5. The highest BCUT2D eigenvalue weighted by Crippen LogP contribution is 2.35. The summed E-state index contributed by atoms with van der Waals surface area (Å²) < 4.78 is 11.0. The Bertz CT molecular complexity index is 892. The number of likely N-dealkylation sites (N-methyl/N-ethyl adjacent to an activating group) is 1. The van der Waals surface area contributed by atoms with E-state index in [4.69, 9.17) is 19.4 Å². The molecule has 4 rings (SSSR count). The number of likely N-dealkylation sites (tertiary alicyclic amines) is 1. The van der Waals surface area contributed by atoms with E-state index in [0.29, 0.717) is 11.5 Å². The lowest BCUT2D eigenvalue weighted by molar-refractivity contribution is -0.118. The van der Waals surface area contributed by atoms with Crippen LogP contribution < -0.4 is 19.7 Å². The molecule has 9 heteroatoms. The fourth-order valence-corrected chi connectivity index (χ4v) is 4.04. The van der Waals surface area contributed by atoms with E-state index in [2.05, 4.69) is 22.2 Å². The van der Waals surface area contributed by atoms with E-state index >= 15 is 0 Å². The average Bonchev–Trinajstić information content (AvgIpc) is 2.79. The van der Waals surface area contributed by atoms with E-state index < -0.39 is 0 Å². The van der Waals surface area contributed by atoms with E-state index in [0.717, 1.165) is 81.2 Å². The molecule has 1 aromatic heterocycles. The molecule has 0 spiro atoms. The molecule has 3 heterocycles. The normalized spacial score (nSPS) is 18.5. The second kappa shape index (κ2) is 8.91. The number of hydrogen-bond donors (Lipinski definition) is 1. The van der Waals surface area contributed by atoms with Gasteiger partial charge in [0.2, 0.25) is 12.4 Å². The molecular formula is C21H30N6O3. The zero-order chi connectivity index (χ0) is 21.1. The number of nitrogens with zero attached hydrogens (tertiary/aromatic N) is 5. The van der Waals surface area contributed by atoms with Crippen LogP contribution in [0.5, 0.6) is 11.5 Å². The van der Waals surface area contributed by atoms with Crippen LogP contribution in [0.3, 0.4) is 0 Å². The van der Waals surface area contributed by atoms with Gasteiger partial charge >= 0.3 is 0 Å². The van der Waals surface area contributed by atoms with Crippen molar-refractivity contribution in [2.75, 3.05) is 70.8 Å². The molecule has 2 aliphatic rings. The maximum absolute atomic E-state index is 11.0. The third-order valence-corrected chi connectivity index (χ3v) is 5.99. The molecule has 0 unspecified atom stereocenters. The number of ether oxygens (including phenoxy) is 2. The van der Waals surface area contributed by atoms with Gasteiger partial charge in [-0.3, -0.25) is 4.79 Å². The minimum absolute atomic E-state index is 0.257. The maximum atomic E-state index is 11.0. The molecule has 1 amide bonds. The summed E-state index contributed by atoms with van der Waals surface area (Å²) in [5.74, 6) is 2.84. The minimum atomic E-state index is 0.257. The molecule has 0 bridgehead atoms. The molecular weight excluding hydrogens is 384 g/mol. The molecule has 0 aliphatic carbocycles. The van der Waals surface area contributed by atoms with Gasteiger partial charge in [-0.05, 0) is 26.0 Å². The first-order valence-corrected chi connectivity index (χ1v) is 10.4. The number of rotatable bonds is 6. The molecule has 0 atom stereocenters. The average molecular weight is 415 g/mol. The van der Waals surface area contributed by atoms with Crippen LogP contribution >= 0.6 is 0 Å². The number of methoxy groups -OCH3 is 2.